The summed E-state index contributed by atoms with van der Waals surface area (Å²) in [6.45, 7) is 16.7. The Bertz CT molecular complexity index is 329. The van der Waals surface area contributed by atoms with Crippen LogP contribution >= 0.6 is 0 Å². The molecule has 1 aliphatic rings. The molecule has 0 unspecified atom stereocenters. The van der Waals surface area contributed by atoms with E-state index in [1.807, 2.05) is 62.3 Å². The minimum Gasteiger partial charge on any atom is 4.00 e. The Labute approximate surface area is 181 Å². The second-order valence-corrected chi connectivity index (χ2v) is 20.8. The molecule has 146 valence electrons. The molecule has 0 aromatic rings. The molecule has 25 heavy (non-hydrogen) atoms. The summed E-state index contributed by atoms with van der Waals surface area (Å²) in [5, 5.41) is 0. The van der Waals surface area contributed by atoms with Crippen LogP contribution in [0.3, 0.4) is 0 Å². The Balaban J connectivity index is -0.000000122. The van der Waals surface area contributed by atoms with E-state index in [9.17, 15) is 0 Å². The van der Waals surface area contributed by atoms with Crippen molar-refractivity contribution in [3.63, 3.8) is 0 Å². The van der Waals surface area contributed by atoms with E-state index in [-0.39, 0.29) is 42.8 Å². The van der Waals surface area contributed by atoms with Crippen LogP contribution in [-0.4, -0.2) is 29.9 Å². The summed E-state index contributed by atoms with van der Waals surface area (Å²) in [6, 6.07) is 0. The smallest absolute Gasteiger partial charge is 4.00 e. The van der Waals surface area contributed by atoms with E-state index < -0.39 is 13.3 Å². The zero-order valence-corrected chi connectivity index (χ0v) is 23.4. The van der Waals surface area contributed by atoms with Gasteiger partial charge in [0.15, 0.2) is 0 Å². The number of hydrogen-bond acceptors (Lipinski definition) is 0. The van der Waals surface area contributed by atoms with Crippen LogP contribution in [0.25, 0.3) is 17.2 Å². The molecule has 0 radical (unpaired) electrons. The zero-order chi connectivity index (χ0) is 20.4. The SMILES string of the molecule is CC(C)(C)[NH-].CC(C)(C)[NH-].CC(C)(C)[NH-].[CH3][Ge]([CH3])([CH3])[C]1=[C-]CC=C1.[Zr+4]. The summed E-state index contributed by atoms with van der Waals surface area (Å²) >= 11 is -1.46. The maximum atomic E-state index is 6.94. The second-order valence-electron chi connectivity index (χ2n) is 10.2. The van der Waals surface area contributed by atoms with Gasteiger partial charge in [0.05, 0.1) is 0 Å². The summed E-state index contributed by atoms with van der Waals surface area (Å²) in [6.07, 6.45) is 8.89. The van der Waals surface area contributed by atoms with Crippen LogP contribution < -0.4 is 0 Å². The predicted octanol–water partition coefficient (Wildman–Crippen LogP) is 8.06. The van der Waals surface area contributed by atoms with Crippen LogP contribution in [0.1, 0.15) is 68.7 Å². The van der Waals surface area contributed by atoms with Gasteiger partial charge in [0.1, 0.15) is 0 Å². The first kappa shape index (κ1) is 33.4. The van der Waals surface area contributed by atoms with E-state index in [0.717, 1.165) is 6.42 Å². The van der Waals surface area contributed by atoms with Crippen LogP contribution in [0.15, 0.2) is 16.6 Å². The van der Waals surface area contributed by atoms with Crippen molar-refractivity contribution < 1.29 is 26.2 Å². The van der Waals surface area contributed by atoms with Crippen molar-refractivity contribution in [3.8, 4) is 0 Å². The molecule has 1 rings (SSSR count). The van der Waals surface area contributed by atoms with Crippen LogP contribution in [0.4, 0.5) is 0 Å². The molecule has 0 saturated heterocycles. The molecule has 0 spiro atoms. The van der Waals surface area contributed by atoms with Crippen molar-refractivity contribution in [2.24, 2.45) is 0 Å². The quantitative estimate of drug-likeness (QED) is 0.264. The van der Waals surface area contributed by atoms with E-state index in [4.69, 9.17) is 17.2 Å². The van der Waals surface area contributed by atoms with Crippen LogP contribution in [-0.2, 0) is 26.2 Å². The minimum atomic E-state index is -1.46. The van der Waals surface area contributed by atoms with Crippen molar-refractivity contribution >= 4 is 13.3 Å². The molecule has 0 saturated carbocycles. The van der Waals surface area contributed by atoms with E-state index in [1.165, 1.54) is 4.41 Å². The Hall–Kier alpha value is 0.786. The molecule has 0 aromatic heterocycles. The Kier molecular flexibility index (Phi) is 18.5. The van der Waals surface area contributed by atoms with Gasteiger partial charge in [0, 0.05) is 0 Å². The van der Waals surface area contributed by atoms with E-state index in [2.05, 4.69) is 35.5 Å². The Morgan fingerprint density at radius 3 is 1.08 bits per heavy atom. The van der Waals surface area contributed by atoms with Crippen molar-refractivity contribution in [3.05, 3.63) is 39.8 Å². The van der Waals surface area contributed by atoms with Crippen molar-refractivity contribution in [1.82, 2.24) is 0 Å². The Morgan fingerprint density at radius 1 is 0.760 bits per heavy atom. The molecule has 0 aliphatic heterocycles. The van der Waals surface area contributed by atoms with Gasteiger partial charge in [0.2, 0.25) is 0 Å². The van der Waals surface area contributed by atoms with Gasteiger partial charge < -0.3 is 17.2 Å². The predicted molar refractivity (Wildman–Crippen MR) is 116 cm³/mol. The molecule has 0 aromatic carbocycles. The van der Waals surface area contributed by atoms with Crippen LogP contribution in [0, 0.1) is 6.08 Å². The average molecular weight is 489 g/mol. The zero-order valence-electron chi connectivity index (χ0n) is 18.9. The first-order valence-electron chi connectivity index (χ1n) is 8.63. The third-order valence-corrected chi connectivity index (χ3v) is 5.61. The average Bonchev–Trinajstić information content (AvgIpc) is 2.58. The Morgan fingerprint density at radius 2 is 1.00 bits per heavy atom. The molecule has 0 amide bonds. The maximum absolute atomic E-state index is 6.94. The van der Waals surface area contributed by atoms with Crippen molar-refractivity contribution in [1.29, 1.82) is 0 Å². The summed E-state index contributed by atoms with van der Waals surface area (Å²) in [5.41, 5.74) is 20.1. The van der Waals surface area contributed by atoms with Gasteiger partial charge in [-0.2, -0.15) is 0 Å². The van der Waals surface area contributed by atoms with E-state index in [1.54, 1.807) is 0 Å². The largest absolute Gasteiger partial charge is 4.00 e. The number of nitrogens with one attached hydrogen (secondary N) is 3. The van der Waals surface area contributed by atoms with E-state index in [0.29, 0.717) is 0 Å². The van der Waals surface area contributed by atoms with Gasteiger partial charge in [-0.3, -0.25) is 0 Å². The molecule has 0 atom stereocenters. The number of allylic oxidation sites excluding steroid dienone is 4. The van der Waals surface area contributed by atoms with Gasteiger partial charge in [-0.25, -0.2) is 0 Å². The number of hydrogen-bond donors (Lipinski definition) is 0. The molecular formula is C20H43GeN3Zr. The maximum Gasteiger partial charge on any atom is 4.00 e. The molecule has 3 N–H and O–H groups in total. The van der Waals surface area contributed by atoms with Crippen LogP contribution in [0.5, 0.6) is 0 Å². The minimum absolute atomic E-state index is 0. The molecule has 0 bridgehead atoms. The molecular weight excluding hydrogens is 446 g/mol. The third kappa shape index (κ3) is 67.7. The molecule has 0 heterocycles. The molecule has 0 fully saturated rings. The molecule has 1 aliphatic carbocycles. The summed E-state index contributed by atoms with van der Waals surface area (Å²) in [5.74, 6) is 7.20. The fraction of sp³-hybridized carbons (Fsp3) is 0.800. The standard InChI is InChI=1S/C8H13Ge.3C4H10N.Zr/c1-9(2,3)8-6-4-5-7-8;3*1-4(2,3)5;/h4,6H,5H2,1-3H3;3*5H,1-3H3;/q4*-1;+4. The number of rotatable bonds is 1. The van der Waals surface area contributed by atoms with Gasteiger partial charge in [-0.15, -0.1) is 16.6 Å². The van der Waals surface area contributed by atoms with E-state index >= 15 is 0 Å². The first-order valence-corrected chi connectivity index (χ1v) is 16.0. The fourth-order valence-electron chi connectivity index (χ4n) is 0.920. The fourth-order valence-corrected chi connectivity index (χ4v) is 3.54. The summed E-state index contributed by atoms with van der Waals surface area (Å²) < 4.78 is 1.54. The van der Waals surface area contributed by atoms with Gasteiger partial charge >= 0.3 is 85.8 Å². The first-order chi connectivity index (χ1) is 10.1. The molecule has 5 heteroatoms. The normalized spacial score (nSPS) is 13.8. The van der Waals surface area contributed by atoms with Crippen molar-refractivity contribution in [2.75, 3.05) is 0 Å². The monoisotopic (exact) mass is 489 g/mol. The van der Waals surface area contributed by atoms with Crippen LogP contribution in [0.2, 0.25) is 17.3 Å². The van der Waals surface area contributed by atoms with Gasteiger partial charge in [0.25, 0.3) is 0 Å². The van der Waals surface area contributed by atoms with Gasteiger partial charge in [-0.1, -0.05) is 62.3 Å². The third-order valence-electron chi connectivity index (χ3n) is 1.50. The molecule has 3 nitrogen and oxygen atoms in total. The topological polar surface area (TPSA) is 71.4 Å². The van der Waals surface area contributed by atoms with Crippen molar-refractivity contribution in [2.45, 2.75) is 103 Å². The summed E-state index contributed by atoms with van der Waals surface area (Å²) in [4.78, 5) is 0. The van der Waals surface area contributed by atoms with Gasteiger partial charge in [-0.05, 0) is 0 Å². The summed E-state index contributed by atoms with van der Waals surface area (Å²) in [7, 11) is 0. The second kappa shape index (κ2) is 13.9.